The lowest BCUT2D eigenvalue weighted by atomic mass is 9.79. The Balaban J connectivity index is 2.59. The molecule has 1 saturated carbocycles. The van der Waals surface area contributed by atoms with Gasteiger partial charge in [-0.15, -0.1) is 0 Å². The monoisotopic (exact) mass is 355 g/mol. The average molecular weight is 355 g/mol. The summed E-state index contributed by atoms with van der Waals surface area (Å²) in [5.74, 6) is -0.666. The van der Waals surface area contributed by atoms with Gasteiger partial charge in [0.05, 0.1) is 18.2 Å². The van der Waals surface area contributed by atoms with Crippen LogP contribution in [0, 0.1) is 5.92 Å². The molecule has 1 fully saturated rings. The maximum absolute atomic E-state index is 13.4. The van der Waals surface area contributed by atoms with E-state index < -0.39 is 35.3 Å². The van der Waals surface area contributed by atoms with Crippen molar-refractivity contribution in [3.63, 3.8) is 0 Å². The first-order valence-electron chi connectivity index (χ1n) is 7.67. The summed E-state index contributed by atoms with van der Waals surface area (Å²) >= 11 is 0. The molecule has 1 aliphatic rings. The van der Waals surface area contributed by atoms with Gasteiger partial charge in [-0.3, -0.25) is 0 Å². The molecule has 0 unspecified atom stereocenters. The van der Waals surface area contributed by atoms with Crippen molar-refractivity contribution in [3.05, 3.63) is 28.8 Å². The molecule has 1 atom stereocenters. The second-order valence-electron chi connectivity index (χ2n) is 6.06. The number of hydrogen-bond donors (Lipinski definition) is 1. The summed E-state index contributed by atoms with van der Waals surface area (Å²) in [5.41, 5.74) is 2.89. The van der Waals surface area contributed by atoms with Gasteiger partial charge in [0.1, 0.15) is 5.75 Å². The van der Waals surface area contributed by atoms with Crippen molar-refractivity contribution in [2.45, 2.75) is 50.5 Å². The molecule has 136 valence electrons. The minimum absolute atomic E-state index is 0.126. The Morgan fingerprint density at radius 2 is 1.58 bits per heavy atom. The lowest BCUT2D eigenvalue weighted by molar-refractivity contribution is -0.143. The molecule has 24 heavy (non-hydrogen) atoms. The molecule has 0 radical (unpaired) electrons. The highest BCUT2D eigenvalue weighted by atomic mass is 19.4. The van der Waals surface area contributed by atoms with Gasteiger partial charge >= 0.3 is 12.4 Å². The summed E-state index contributed by atoms with van der Waals surface area (Å²) in [5, 5.41) is 0. The highest BCUT2D eigenvalue weighted by molar-refractivity contribution is 5.48. The van der Waals surface area contributed by atoms with Crippen LogP contribution < -0.4 is 10.5 Å². The highest BCUT2D eigenvalue weighted by Gasteiger charge is 2.42. The van der Waals surface area contributed by atoms with Crippen molar-refractivity contribution < 1.29 is 31.1 Å². The third-order valence-corrected chi connectivity index (χ3v) is 4.49. The fourth-order valence-electron chi connectivity index (χ4n) is 3.27. The van der Waals surface area contributed by atoms with Crippen molar-refractivity contribution in [1.29, 1.82) is 0 Å². The van der Waals surface area contributed by atoms with Gasteiger partial charge in [-0.05, 0) is 30.9 Å². The third-order valence-electron chi connectivity index (χ3n) is 4.49. The molecule has 0 aliphatic heterocycles. The molecule has 0 bridgehead atoms. The van der Waals surface area contributed by atoms with Crippen LogP contribution >= 0.6 is 0 Å². The first-order valence-corrected chi connectivity index (χ1v) is 7.67. The molecule has 2 nitrogen and oxygen atoms in total. The van der Waals surface area contributed by atoms with Crippen LogP contribution in [0.4, 0.5) is 26.3 Å². The van der Waals surface area contributed by atoms with E-state index in [0.717, 1.165) is 26.4 Å². The van der Waals surface area contributed by atoms with Gasteiger partial charge in [-0.2, -0.15) is 26.3 Å². The Morgan fingerprint density at radius 1 is 1.00 bits per heavy atom. The van der Waals surface area contributed by atoms with Crippen LogP contribution in [-0.2, 0) is 12.4 Å². The van der Waals surface area contributed by atoms with Crippen molar-refractivity contribution in [2.24, 2.45) is 11.7 Å². The summed E-state index contributed by atoms with van der Waals surface area (Å²) in [6.07, 6.45) is -5.85. The van der Waals surface area contributed by atoms with Crippen LogP contribution in [0.15, 0.2) is 12.1 Å². The molecule has 1 aromatic rings. The molecule has 1 aromatic carbocycles. The van der Waals surface area contributed by atoms with E-state index in [2.05, 4.69) is 0 Å². The highest BCUT2D eigenvalue weighted by Crippen LogP contribution is 2.46. The Hall–Kier alpha value is -1.44. The molecule has 0 saturated heterocycles. The van der Waals surface area contributed by atoms with Crippen molar-refractivity contribution >= 4 is 0 Å². The lowest BCUT2D eigenvalue weighted by Gasteiger charge is -2.31. The maximum atomic E-state index is 13.4. The molecular weight excluding hydrogens is 336 g/mol. The predicted molar refractivity (Wildman–Crippen MR) is 76.5 cm³/mol. The van der Waals surface area contributed by atoms with Crippen molar-refractivity contribution in [2.75, 3.05) is 7.11 Å². The van der Waals surface area contributed by atoms with Gasteiger partial charge < -0.3 is 10.5 Å². The summed E-state index contributed by atoms with van der Waals surface area (Å²) in [6.45, 7) is 0. The smallest absolute Gasteiger partial charge is 0.416 e. The van der Waals surface area contributed by atoms with E-state index in [1.54, 1.807) is 0 Å². The van der Waals surface area contributed by atoms with E-state index in [0.29, 0.717) is 18.9 Å². The molecule has 1 aliphatic carbocycles. The molecule has 0 amide bonds. The first-order chi connectivity index (χ1) is 11.1. The van der Waals surface area contributed by atoms with Crippen LogP contribution in [-0.4, -0.2) is 7.11 Å². The Labute approximate surface area is 136 Å². The summed E-state index contributed by atoms with van der Waals surface area (Å²) < 4.78 is 83.7. The van der Waals surface area contributed by atoms with Gasteiger partial charge in [0.25, 0.3) is 0 Å². The minimum Gasteiger partial charge on any atom is -0.496 e. The van der Waals surface area contributed by atoms with Crippen LogP contribution in [0.3, 0.4) is 0 Å². The molecular formula is C16H19F6NO. The van der Waals surface area contributed by atoms with E-state index >= 15 is 0 Å². The number of methoxy groups -OCH3 is 1. The average Bonchev–Trinajstić information content (AvgIpc) is 2.52. The minimum atomic E-state index is -4.95. The third kappa shape index (κ3) is 3.96. The standard InChI is InChI=1S/C16H19F6NO/c1-24-12-8-10(15(17,18)19)7-11(16(20,21)22)13(12)14(23)9-5-3-2-4-6-9/h7-9,14H,2-6,23H2,1H3/t14-/m1/s1. The Morgan fingerprint density at radius 3 is 2.04 bits per heavy atom. The second kappa shape index (κ2) is 6.82. The van der Waals surface area contributed by atoms with Crippen LogP contribution in [0.5, 0.6) is 5.75 Å². The quantitative estimate of drug-likeness (QED) is 0.746. The summed E-state index contributed by atoms with van der Waals surface area (Å²) in [6, 6.07) is -0.299. The zero-order valence-corrected chi connectivity index (χ0v) is 13.1. The molecule has 2 rings (SSSR count). The lowest BCUT2D eigenvalue weighted by Crippen LogP contribution is -2.27. The van der Waals surface area contributed by atoms with Crippen LogP contribution in [0.1, 0.15) is 54.8 Å². The summed E-state index contributed by atoms with van der Waals surface area (Å²) in [4.78, 5) is 0. The maximum Gasteiger partial charge on any atom is 0.416 e. The summed E-state index contributed by atoms with van der Waals surface area (Å²) in [7, 11) is 1.05. The van der Waals surface area contributed by atoms with Gasteiger partial charge in [0.2, 0.25) is 0 Å². The Kier molecular flexibility index (Phi) is 5.37. The van der Waals surface area contributed by atoms with Crippen LogP contribution in [0.2, 0.25) is 0 Å². The number of alkyl halides is 6. The fourth-order valence-corrected chi connectivity index (χ4v) is 3.27. The fraction of sp³-hybridized carbons (Fsp3) is 0.625. The SMILES string of the molecule is COc1cc(C(F)(F)F)cc(C(F)(F)F)c1[C@H](N)C1CCCCC1. The largest absolute Gasteiger partial charge is 0.496 e. The van der Waals surface area contributed by atoms with E-state index in [-0.39, 0.29) is 17.5 Å². The molecule has 0 aromatic heterocycles. The first kappa shape index (κ1) is 18.9. The predicted octanol–water partition coefficient (Wildman–Crippen LogP) is 5.31. The van der Waals surface area contributed by atoms with Gasteiger partial charge in [0, 0.05) is 11.6 Å². The van der Waals surface area contributed by atoms with E-state index in [1.165, 1.54) is 0 Å². The van der Waals surface area contributed by atoms with Gasteiger partial charge in [-0.25, -0.2) is 0 Å². The number of ether oxygens (including phenoxy) is 1. The number of hydrogen-bond acceptors (Lipinski definition) is 2. The van der Waals surface area contributed by atoms with E-state index in [1.807, 2.05) is 0 Å². The molecule has 0 spiro atoms. The number of rotatable bonds is 3. The topological polar surface area (TPSA) is 35.2 Å². The van der Waals surface area contributed by atoms with Gasteiger partial charge in [-0.1, -0.05) is 19.3 Å². The second-order valence-corrected chi connectivity index (χ2v) is 6.06. The van der Waals surface area contributed by atoms with E-state index in [4.69, 9.17) is 10.5 Å². The number of nitrogens with two attached hydrogens (primary N) is 1. The van der Waals surface area contributed by atoms with Crippen molar-refractivity contribution in [1.82, 2.24) is 0 Å². The zero-order valence-electron chi connectivity index (χ0n) is 13.1. The van der Waals surface area contributed by atoms with E-state index in [9.17, 15) is 26.3 Å². The number of benzene rings is 1. The zero-order chi connectivity index (χ0) is 18.1. The molecule has 2 N–H and O–H groups in total. The van der Waals surface area contributed by atoms with Crippen LogP contribution in [0.25, 0.3) is 0 Å². The van der Waals surface area contributed by atoms with Crippen molar-refractivity contribution in [3.8, 4) is 5.75 Å². The molecule has 0 heterocycles. The molecule has 8 heteroatoms. The number of halogens is 6. The van der Waals surface area contributed by atoms with Gasteiger partial charge in [0.15, 0.2) is 0 Å². The Bertz CT molecular complexity index is 575. The normalized spacial score (nSPS) is 18.5.